The Morgan fingerprint density at radius 1 is 0.897 bits per heavy atom. The van der Waals surface area contributed by atoms with Gasteiger partial charge in [-0.25, -0.2) is 0 Å². The monoisotopic (exact) mass is 411 g/mol. The number of rotatable bonds is 8. The first kappa shape index (κ1) is 19.4. The standard InChI is InChI=1S/C23H22ClNO4/c1-26-22-10-16(6-8-20(22)27-14-18-4-2-3-5-19(18)24)12-25-13-17-7-9-21-23(11-17)29-15-28-21/h2-11,25H,12-15H2,1H3. The SMILES string of the molecule is COc1cc(CNCc2ccc3c(c2)OCO3)ccc1OCc1ccccc1Cl. The van der Waals surface area contributed by atoms with Gasteiger partial charge in [0, 0.05) is 23.7 Å². The molecule has 1 aliphatic rings. The molecule has 0 aliphatic carbocycles. The van der Waals surface area contributed by atoms with E-state index in [0.29, 0.717) is 29.7 Å². The summed E-state index contributed by atoms with van der Waals surface area (Å²) in [6, 6.07) is 19.5. The van der Waals surface area contributed by atoms with Crippen LogP contribution >= 0.6 is 11.6 Å². The van der Waals surface area contributed by atoms with Crippen LogP contribution in [0.5, 0.6) is 23.0 Å². The Kier molecular flexibility index (Phi) is 6.08. The predicted molar refractivity (Wildman–Crippen MR) is 112 cm³/mol. The Morgan fingerprint density at radius 2 is 1.66 bits per heavy atom. The van der Waals surface area contributed by atoms with Crippen LogP contribution in [0.25, 0.3) is 0 Å². The number of halogens is 1. The van der Waals surface area contributed by atoms with E-state index in [1.165, 1.54) is 0 Å². The van der Waals surface area contributed by atoms with E-state index in [4.69, 9.17) is 30.5 Å². The van der Waals surface area contributed by atoms with Gasteiger partial charge in [-0.1, -0.05) is 41.9 Å². The van der Waals surface area contributed by atoms with Gasteiger partial charge in [0.1, 0.15) is 6.61 Å². The van der Waals surface area contributed by atoms with Crippen LogP contribution in [0, 0.1) is 0 Å². The van der Waals surface area contributed by atoms with Crippen molar-refractivity contribution in [2.75, 3.05) is 13.9 Å². The van der Waals surface area contributed by atoms with Crippen LogP contribution in [0.4, 0.5) is 0 Å². The molecule has 0 radical (unpaired) electrons. The first-order valence-electron chi connectivity index (χ1n) is 9.35. The van der Waals surface area contributed by atoms with E-state index in [9.17, 15) is 0 Å². The first-order valence-corrected chi connectivity index (χ1v) is 9.73. The second-order valence-electron chi connectivity index (χ2n) is 6.66. The lowest BCUT2D eigenvalue weighted by molar-refractivity contribution is 0.174. The second kappa shape index (κ2) is 9.07. The molecule has 0 atom stereocenters. The highest BCUT2D eigenvalue weighted by atomic mass is 35.5. The van der Waals surface area contributed by atoms with Gasteiger partial charge in [-0.3, -0.25) is 0 Å². The molecule has 6 heteroatoms. The first-order chi connectivity index (χ1) is 14.2. The van der Waals surface area contributed by atoms with E-state index >= 15 is 0 Å². The van der Waals surface area contributed by atoms with E-state index in [0.717, 1.165) is 34.7 Å². The lowest BCUT2D eigenvalue weighted by Crippen LogP contribution is -2.12. The summed E-state index contributed by atoms with van der Waals surface area (Å²) < 4.78 is 22.2. The predicted octanol–water partition coefficient (Wildman–Crippen LogP) is 4.95. The topological polar surface area (TPSA) is 49.0 Å². The average Bonchev–Trinajstić information content (AvgIpc) is 3.21. The summed E-state index contributed by atoms with van der Waals surface area (Å²) in [6.07, 6.45) is 0. The number of nitrogens with one attached hydrogen (secondary N) is 1. The minimum Gasteiger partial charge on any atom is -0.493 e. The van der Waals surface area contributed by atoms with Crippen molar-refractivity contribution in [2.45, 2.75) is 19.7 Å². The summed E-state index contributed by atoms with van der Waals surface area (Å²) in [7, 11) is 1.64. The fourth-order valence-electron chi connectivity index (χ4n) is 3.11. The van der Waals surface area contributed by atoms with Gasteiger partial charge >= 0.3 is 0 Å². The largest absolute Gasteiger partial charge is 0.493 e. The van der Waals surface area contributed by atoms with Crippen molar-refractivity contribution >= 4 is 11.6 Å². The number of methoxy groups -OCH3 is 1. The third-order valence-electron chi connectivity index (χ3n) is 4.66. The average molecular weight is 412 g/mol. The normalized spacial score (nSPS) is 12.1. The van der Waals surface area contributed by atoms with Gasteiger partial charge in [-0.05, 0) is 41.5 Å². The summed E-state index contributed by atoms with van der Waals surface area (Å²) >= 11 is 6.19. The Bertz CT molecular complexity index is 992. The van der Waals surface area contributed by atoms with E-state index in [1.807, 2.05) is 60.7 Å². The zero-order valence-electron chi connectivity index (χ0n) is 16.1. The number of benzene rings is 3. The summed E-state index contributed by atoms with van der Waals surface area (Å²) in [5.41, 5.74) is 3.18. The van der Waals surface area contributed by atoms with Crippen molar-refractivity contribution in [1.82, 2.24) is 5.32 Å². The Labute approximate surface area is 175 Å². The smallest absolute Gasteiger partial charge is 0.231 e. The molecule has 4 rings (SSSR count). The molecule has 1 heterocycles. The molecule has 3 aromatic carbocycles. The quantitative estimate of drug-likeness (QED) is 0.568. The molecule has 0 amide bonds. The highest BCUT2D eigenvalue weighted by Crippen LogP contribution is 2.32. The van der Waals surface area contributed by atoms with Gasteiger partial charge in [0.15, 0.2) is 23.0 Å². The summed E-state index contributed by atoms with van der Waals surface area (Å²) in [6.45, 7) is 2.11. The second-order valence-corrected chi connectivity index (χ2v) is 7.06. The van der Waals surface area contributed by atoms with E-state index in [1.54, 1.807) is 7.11 Å². The van der Waals surface area contributed by atoms with Crippen molar-refractivity contribution in [2.24, 2.45) is 0 Å². The van der Waals surface area contributed by atoms with E-state index in [-0.39, 0.29) is 6.79 Å². The Balaban J connectivity index is 1.34. The zero-order valence-corrected chi connectivity index (χ0v) is 16.9. The molecule has 29 heavy (non-hydrogen) atoms. The summed E-state index contributed by atoms with van der Waals surface area (Å²) in [5.74, 6) is 2.98. The maximum absolute atomic E-state index is 6.19. The van der Waals surface area contributed by atoms with E-state index in [2.05, 4.69) is 5.32 Å². The minimum absolute atomic E-state index is 0.289. The van der Waals surface area contributed by atoms with Gasteiger partial charge in [0.05, 0.1) is 7.11 Å². The minimum atomic E-state index is 0.289. The molecule has 1 aliphatic heterocycles. The fraction of sp³-hybridized carbons (Fsp3) is 0.217. The molecule has 150 valence electrons. The van der Waals surface area contributed by atoms with Gasteiger partial charge in [-0.2, -0.15) is 0 Å². The van der Waals surface area contributed by atoms with Crippen molar-refractivity contribution in [3.05, 3.63) is 82.4 Å². The summed E-state index contributed by atoms with van der Waals surface area (Å²) in [5, 5.41) is 4.13. The molecule has 0 saturated heterocycles. The van der Waals surface area contributed by atoms with Crippen LogP contribution in [0.3, 0.4) is 0 Å². The molecule has 0 aromatic heterocycles. The lowest BCUT2D eigenvalue weighted by Gasteiger charge is -2.13. The molecular weight excluding hydrogens is 390 g/mol. The van der Waals surface area contributed by atoms with Crippen molar-refractivity contribution in [3.8, 4) is 23.0 Å². The van der Waals surface area contributed by atoms with Crippen LogP contribution in [0.1, 0.15) is 16.7 Å². The van der Waals surface area contributed by atoms with Crippen LogP contribution in [-0.4, -0.2) is 13.9 Å². The van der Waals surface area contributed by atoms with Crippen LogP contribution in [0.15, 0.2) is 60.7 Å². The van der Waals surface area contributed by atoms with Crippen LogP contribution in [0.2, 0.25) is 5.02 Å². The van der Waals surface area contributed by atoms with Crippen LogP contribution < -0.4 is 24.3 Å². The lowest BCUT2D eigenvalue weighted by atomic mass is 10.1. The third-order valence-corrected chi connectivity index (χ3v) is 5.03. The fourth-order valence-corrected chi connectivity index (χ4v) is 3.30. The van der Waals surface area contributed by atoms with Gasteiger partial charge in [0.25, 0.3) is 0 Å². The van der Waals surface area contributed by atoms with Crippen LogP contribution in [-0.2, 0) is 19.7 Å². The van der Waals surface area contributed by atoms with Crippen molar-refractivity contribution in [1.29, 1.82) is 0 Å². The van der Waals surface area contributed by atoms with Crippen molar-refractivity contribution < 1.29 is 18.9 Å². The molecule has 0 fully saturated rings. The molecule has 5 nitrogen and oxygen atoms in total. The maximum Gasteiger partial charge on any atom is 0.231 e. The van der Waals surface area contributed by atoms with Crippen molar-refractivity contribution in [3.63, 3.8) is 0 Å². The van der Waals surface area contributed by atoms with Gasteiger partial charge in [0.2, 0.25) is 6.79 Å². The number of fused-ring (bicyclic) bond motifs is 1. The third kappa shape index (κ3) is 4.75. The maximum atomic E-state index is 6.19. The van der Waals surface area contributed by atoms with Gasteiger partial charge < -0.3 is 24.3 Å². The summed E-state index contributed by atoms with van der Waals surface area (Å²) in [4.78, 5) is 0. The van der Waals surface area contributed by atoms with Gasteiger partial charge in [-0.15, -0.1) is 0 Å². The Morgan fingerprint density at radius 3 is 2.48 bits per heavy atom. The Hall–Kier alpha value is -2.89. The number of ether oxygens (including phenoxy) is 4. The molecule has 0 saturated carbocycles. The van der Waals surface area contributed by atoms with E-state index < -0.39 is 0 Å². The molecular formula is C23H22ClNO4. The zero-order chi connectivity index (χ0) is 20.1. The molecule has 0 unspecified atom stereocenters. The molecule has 3 aromatic rings. The number of hydrogen-bond acceptors (Lipinski definition) is 5. The molecule has 1 N–H and O–H groups in total. The molecule has 0 spiro atoms. The highest BCUT2D eigenvalue weighted by Gasteiger charge is 2.13. The molecule has 0 bridgehead atoms. The number of hydrogen-bond donors (Lipinski definition) is 1. The highest BCUT2D eigenvalue weighted by molar-refractivity contribution is 6.31.